The number of carbonyl (C=O) groups is 3. The van der Waals surface area contributed by atoms with E-state index in [1.54, 1.807) is 24.3 Å². The molecule has 4 aromatic carbocycles. The van der Waals surface area contributed by atoms with Crippen LogP contribution in [0.2, 0.25) is 0 Å². The largest absolute Gasteiger partial charge is 0.352 e. The van der Waals surface area contributed by atoms with Gasteiger partial charge < -0.3 is 10.2 Å². The van der Waals surface area contributed by atoms with Crippen LogP contribution in [0, 0.1) is 21.8 Å². The quantitative estimate of drug-likeness (QED) is 0.179. The zero-order valence-electron chi connectivity index (χ0n) is 22.9. The van der Waals surface area contributed by atoms with Crippen molar-refractivity contribution in [3.05, 3.63) is 141 Å². The molecule has 212 valence electrons. The van der Waals surface area contributed by atoms with Gasteiger partial charge in [-0.05, 0) is 66.6 Å². The van der Waals surface area contributed by atoms with E-state index in [-0.39, 0.29) is 16.8 Å². The van der Waals surface area contributed by atoms with Gasteiger partial charge in [-0.25, -0.2) is 4.39 Å². The first-order chi connectivity index (χ1) is 20.7. The van der Waals surface area contributed by atoms with Crippen molar-refractivity contribution in [3.8, 4) is 0 Å². The van der Waals surface area contributed by atoms with Gasteiger partial charge in [0.1, 0.15) is 17.3 Å². The molecule has 1 amide bonds. The number of carbonyl (C=O) groups excluding carboxylic acids is 3. The molecule has 1 spiro atoms. The highest BCUT2D eigenvalue weighted by Crippen LogP contribution is 2.58. The van der Waals surface area contributed by atoms with E-state index in [1.165, 1.54) is 48.5 Å². The highest BCUT2D eigenvalue weighted by molar-refractivity contribution is 6.18. The Morgan fingerprint density at radius 3 is 2.23 bits per heavy atom. The molecule has 0 saturated carbocycles. The molecule has 3 aliphatic rings. The number of fused-ring (bicyclic) bond motifs is 6. The second-order valence-electron chi connectivity index (χ2n) is 11.0. The molecule has 0 bridgehead atoms. The Morgan fingerprint density at radius 1 is 0.884 bits per heavy atom. The van der Waals surface area contributed by atoms with Crippen molar-refractivity contribution < 1.29 is 23.7 Å². The number of nitro groups is 1. The minimum absolute atomic E-state index is 0.165. The Kier molecular flexibility index (Phi) is 5.88. The lowest BCUT2D eigenvalue weighted by atomic mass is 9.64. The summed E-state index contributed by atoms with van der Waals surface area (Å²) in [5, 5.41) is 14.3. The van der Waals surface area contributed by atoms with Gasteiger partial charge in [-0.15, -0.1) is 0 Å². The zero-order chi connectivity index (χ0) is 30.0. The van der Waals surface area contributed by atoms with Gasteiger partial charge in [0.05, 0.1) is 16.9 Å². The summed E-state index contributed by atoms with van der Waals surface area (Å²) in [5.74, 6) is -3.11. The van der Waals surface area contributed by atoms with E-state index in [9.17, 15) is 28.9 Å². The summed E-state index contributed by atoms with van der Waals surface area (Å²) in [6, 6.07) is 23.1. The topological polar surface area (TPSA) is 110 Å². The van der Waals surface area contributed by atoms with Crippen molar-refractivity contribution in [1.82, 2.24) is 0 Å². The molecular formula is C34H24FN3O5. The number of ketones is 2. The molecule has 3 heterocycles. The van der Waals surface area contributed by atoms with Crippen LogP contribution in [-0.2, 0) is 10.2 Å². The summed E-state index contributed by atoms with van der Waals surface area (Å²) in [7, 11) is 0. The van der Waals surface area contributed by atoms with E-state index in [1.807, 2.05) is 42.2 Å². The minimum atomic E-state index is -1.52. The second kappa shape index (κ2) is 9.55. The third-order valence-corrected chi connectivity index (χ3v) is 8.93. The first-order valence-electron chi connectivity index (χ1n) is 13.8. The standard InChI is InChI=1S/C34H24FN3O5/c1-19-18-28-34(25-7-3-4-8-26(25)36-33(34)41)29(31(39)20-10-14-22(35)15-11-20)30(37(28)27-9-5-2-6-24(19)27)32(40)21-12-16-23(17-13-21)38(42)43/h2-18,28-30H,1H3,(H,36,41)/t28-,29-,30-,34-/m0/s1. The molecule has 7 rings (SSSR count). The molecule has 4 atom stereocenters. The molecule has 1 saturated heterocycles. The number of nitro benzene ring substituents is 1. The Hall–Kier alpha value is -5.44. The molecule has 1 fully saturated rings. The van der Waals surface area contributed by atoms with Crippen LogP contribution in [-0.4, -0.2) is 34.5 Å². The van der Waals surface area contributed by atoms with Crippen LogP contribution in [0.3, 0.4) is 0 Å². The van der Waals surface area contributed by atoms with Crippen LogP contribution in [0.25, 0.3) is 5.57 Å². The molecule has 0 radical (unpaired) electrons. The molecule has 1 N–H and O–H groups in total. The Balaban J connectivity index is 1.53. The molecule has 4 aromatic rings. The Bertz CT molecular complexity index is 1880. The smallest absolute Gasteiger partial charge is 0.269 e. The summed E-state index contributed by atoms with van der Waals surface area (Å²) < 4.78 is 14.0. The molecule has 0 aliphatic carbocycles. The lowest BCUT2D eigenvalue weighted by Gasteiger charge is -2.39. The number of halogens is 1. The molecule has 3 aliphatic heterocycles. The summed E-state index contributed by atoms with van der Waals surface area (Å²) in [5.41, 5.74) is 2.23. The van der Waals surface area contributed by atoms with E-state index < -0.39 is 51.6 Å². The van der Waals surface area contributed by atoms with E-state index in [4.69, 9.17) is 0 Å². The second-order valence-corrected chi connectivity index (χ2v) is 11.0. The molecular weight excluding hydrogens is 549 g/mol. The van der Waals surface area contributed by atoms with Gasteiger partial charge in [0.25, 0.3) is 5.69 Å². The number of Topliss-reactive ketones (excluding diaryl/α,β-unsaturated/α-hetero) is 2. The minimum Gasteiger partial charge on any atom is -0.352 e. The van der Waals surface area contributed by atoms with Gasteiger partial charge in [0.2, 0.25) is 5.91 Å². The summed E-state index contributed by atoms with van der Waals surface area (Å²) in [6.07, 6.45) is 1.94. The fraction of sp³-hybridized carbons (Fsp3) is 0.147. The Labute approximate surface area is 245 Å². The molecule has 9 heteroatoms. The van der Waals surface area contributed by atoms with E-state index in [0.29, 0.717) is 16.9 Å². The van der Waals surface area contributed by atoms with Crippen LogP contribution in [0.4, 0.5) is 21.5 Å². The number of amides is 1. The van der Waals surface area contributed by atoms with Crippen molar-refractivity contribution in [2.24, 2.45) is 5.92 Å². The van der Waals surface area contributed by atoms with E-state index >= 15 is 0 Å². The maximum atomic E-state index is 14.7. The average molecular weight is 574 g/mol. The van der Waals surface area contributed by atoms with Crippen molar-refractivity contribution >= 4 is 40.1 Å². The molecule has 0 unspecified atom stereocenters. The summed E-state index contributed by atoms with van der Waals surface area (Å²) in [4.78, 5) is 56.4. The average Bonchev–Trinajstić information content (AvgIpc) is 3.49. The van der Waals surface area contributed by atoms with Crippen molar-refractivity contribution in [1.29, 1.82) is 0 Å². The fourth-order valence-corrected chi connectivity index (χ4v) is 7.10. The van der Waals surface area contributed by atoms with Gasteiger partial charge in [0.15, 0.2) is 11.6 Å². The number of nitrogens with zero attached hydrogens (tertiary/aromatic N) is 2. The number of rotatable bonds is 5. The first-order valence-corrected chi connectivity index (χ1v) is 13.8. The maximum absolute atomic E-state index is 14.7. The number of hydrogen-bond donors (Lipinski definition) is 1. The molecule has 0 aromatic heterocycles. The fourth-order valence-electron chi connectivity index (χ4n) is 7.10. The third kappa shape index (κ3) is 3.71. The van der Waals surface area contributed by atoms with Crippen LogP contribution in [0.15, 0.2) is 103 Å². The van der Waals surface area contributed by atoms with Crippen LogP contribution in [0.1, 0.15) is 38.8 Å². The van der Waals surface area contributed by atoms with Gasteiger partial charge in [-0.3, -0.25) is 24.5 Å². The number of anilines is 2. The van der Waals surface area contributed by atoms with Crippen molar-refractivity contribution in [3.63, 3.8) is 0 Å². The first kappa shape index (κ1) is 26.5. The van der Waals surface area contributed by atoms with Crippen LogP contribution in [0.5, 0.6) is 0 Å². The number of hydrogen-bond acceptors (Lipinski definition) is 6. The number of allylic oxidation sites excluding steroid dienone is 1. The van der Waals surface area contributed by atoms with Crippen molar-refractivity contribution in [2.75, 3.05) is 10.2 Å². The van der Waals surface area contributed by atoms with E-state index in [0.717, 1.165) is 11.1 Å². The lowest BCUT2D eigenvalue weighted by molar-refractivity contribution is -0.384. The number of para-hydroxylation sites is 2. The van der Waals surface area contributed by atoms with Crippen molar-refractivity contribution in [2.45, 2.75) is 24.4 Å². The molecule has 8 nitrogen and oxygen atoms in total. The number of non-ortho nitro benzene ring substituents is 1. The lowest BCUT2D eigenvalue weighted by Crippen LogP contribution is -2.51. The summed E-state index contributed by atoms with van der Waals surface area (Å²) in [6.45, 7) is 1.94. The highest BCUT2D eigenvalue weighted by Gasteiger charge is 2.70. The van der Waals surface area contributed by atoms with Gasteiger partial charge in [-0.1, -0.05) is 42.5 Å². The number of benzene rings is 4. The predicted molar refractivity (Wildman–Crippen MR) is 159 cm³/mol. The summed E-state index contributed by atoms with van der Waals surface area (Å²) >= 11 is 0. The Morgan fingerprint density at radius 2 is 1.51 bits per heavy atom. The third-order valence-electron chi connectivity index (χ3n) is 8.93. The predicted octanol–water partition coefficient (Wildman–Crippen LogP) is 5.98. The van der Waals surface area contributed by atoms with Gasteiger partial charge in [-0.2, -0.15) is 0 Å². The SMILES string of the molecule is CC1=C[C@@H]2N(c3ccccc31)[C@H](C(=O)c1ccc([N+](=O)[O-])cc1)[C@@H](C(=O)c1ccc(F)cc1)[C@@]21C(=O)Nc2ccccc21. The van der Waals surface area contributed by atoms with Gasteiger partial charge >= 0.3 is 0 Å². The van der Waals surface area contributed by atoms with Crippen LogP contribution >= 0.6 is 0 Å². The molecule has 43 heavy (non-hydrogen) atoms. The highest BCUT2D eigenvalue weighted by atomic mass is 19.1. The zero-order valence-corrected chi connectivity index (χ0v) is 22.9. The van der Waals surface area contributed by atoms with Gasteiger partial charge in [0, 0.05) is 40.2 Å². The maximum Gasteiger partial charge on any atom is 0.269 e. The number of nitrogens with one attached hydrogen (secondary N) is 1. The van der Waals surface area contributed by atoms with Crippen LogP contribution < -0.4 is 10.2 Å². The normalized spacial score (nSPS) is 23.2. The van der Waals surface area contributed by atoms with E-state index in [2.05, 4.69) is 5.32 Å². The monoisotopic (exact) mass is 573 g/mol.